The second-order valence-corrected chi connectivity index (χ2v) is 17.0. The Morgan fingerprint density at radius 3 is 1.31 bits per heavy atom. The van der Waals surface area contributed by atoms with E-state index in [1.165, 1.54) is 31.8 Å². The fraction of sp³-hybridized carbons (Fsp3) is 0. The van der Waals surface area contributed by atoms with Crippen LogP contribution in [0.25, 0.3) is 0 Å². The summed E-state index contributed by atoms with van der Waals surface area (Å²) in [4.78, 5) is 13.6. The molecule has 1 N–H and O–H groups in total. The lowest BCUT2D eigenvalue weighted by Crippen LogP contribution is -2.38. The molecule has 6 heteroatoms. The van der Waals surface area contributed by atoms with E-state index >= 15 is 0 Å². The van der Waals surface area contributed by atoms with E-state index in [0.29, 0.717) is 11.3 Å². The van der Waals surface area contributed by atoms with E-state index in [1.807, 2.05) is 72.8 Å². The normalized spacial score (nSPS) is 11.4. The Hall–Kier alpha value is -5.53. The van der Waals surface area contributed by atoms with Crippen LogP contribution in [0.5, 0.6) is 0 Å². The average molecular weight is 672 g/mol. The molecule has 7 aromatic carbocycles. The largest absolute Gasteiger partial charge is 0.273 e. The lowest BCUT2D eigenvalue weighted by Gasteiger charge is -2.27. The maximum Gasteiger partial charge on any atom is 0.273 e. The molecular formula is C43H34N3OP2+. The second kappa shape index (κ2) is 15.1. The second-order valence-electron chi connectivity index (χ2n) is 11.4. The molecule has 0 atom stereocenters. The summed E-state index contributed by atoms with van der Waals surface area (Å²) in [5.74, 6) is -0.294. The van der Waals surface area contributed by atoms with Crippen molar-refractivity contribution < 1.29 is 4.79 Å². The van der Waals surface area contributed by atoms with Crippen molar-refractivity contribution in [2.45, 2.75) is 0 Å². The van der Waals surface area contributed by atoms with Gasteiger partial charge in [0.25, 0.3) is 5.91 Å². The number of hydrogen-bond acceptors (Lipinski definition) is 3. The Kier molecular flexibility index (Phi) is 9.90. The van der Waals surface area contributed by atoms with Crippen molar-refractivity contribution >= 4 is 63.9 Å². The zero-order valence-electron chi connectivity index (χ0n) is 26.7. The summed E-state index contributed by atoms with van der Waals surface area (Å²) < 4.78 is 0. The highest BCUT2D eigenvalue weighted by Gasteiger charge is 2.47. The van der Waals surface area contributed by atoms with Gasteiger partial charge in [0.15, 0.2) is 0 Å². The maximum atomic E-state index is 13.6. The van der Waals surface area contributed by atoms with Gasteiger partial charge in [0, 0.05) is 5.56 Å². The molecule has 0 radical (unpaired) electrons. The molecule has 7 rings (SSSR count). The van der Waals surface area contributed by atoms with E-state index in [2.05, 4.69) is 143 Å². The lowest BCUT2D eigenvalue weighted by atomic mass is 10.2. The van der Waals surface area contributed by atoms with Gasteiger partial charge >= 0.3 is 0 Å². The average Bonchev–Trinajstić information content (AvgIpc) is 3.18. The highest BCUT2D eigenvalue weighted by molar-refractivity contribution is 8.01. The summed E-state index contributed by atoms with van der Waals surface area (Å²) in [6.45, 7) is 0. The topological polar surface area (TPSA) is 53.8 Å². The van der Waals surface area contributed by atoms with Crippen LogP contribution in [0.3, 0.4) is 0 Å². The van der Waals surface area contributed by atoms with Gasteiger partial charge in [-0.15, -0.1) is 5.11 Å². The Balaban J connectivity index is 1.19. The molecule has 4 nitrogen and oxygen atoms in total. The quantitative estimate of drug-likeness (QED) is 0.0697. The zero-order valence-corrected chi connectivity index (χ0v) is 28.5. The zero-order chi connectivity index (χ0) is 33.3. The van der Waals surface area contributed by atoms with Crippen LogP contribution in [-0.2, 0) is 0 Å². The van der Waals surface area contributed by atoms with Gasteiger partial charge in [0.1, 0.15) is 28.5 Å². The van der Waals surface area contributed by atoms with Gasteiger partial charge in [-0.05, 0) is 90.6 Å². The third kappa shape index (κ3) is 6.76. The van der Waals surface area contributed by atoms with Gasteiger partial charge in [0.2, 0.25) is 0 Å². The SMILES string of the molecule is O=C([15NH]N=Nc1ccc([P+](c2ccccc2)(c2ccccc2)c2ccccc2)cc1)c1ccccc1P(c1ccccc1)c1ccccc1. The Labute approximate surface area is 289 Å². The molecule has 7 aromatic rings. The van der Waals surface area contributed by atoms with Crippen LogP contribution in [0.4, 0.5) is 5.69 Å². The monoisotopic (exact) mass is 671 g/mol. The minimum atomic E-state index is -2.21. The lowest BCUT2D eigenvalue weighted by molar-refractivity contribution is 0.0953. The van der Waals surface area contributed by atoms with E-state index in [4.69, 9.17) is 0 Å². The molecular weight excluding hydrogens is 637 g/mol. The van der Waals surface area contributed by atoms with Crippen LogP contribution >= 0.6 is 15.2 Å². The van der Waals surface area contributed by atoms with Gasteiger partial charge in [-0.2, -0.15) is 0 Å². The highest BCUT2D eigenvalue weighted by Crippen LogP contribution is 2.54. The third-order valence-electron chi connectivity index (χ3n) is 8.40. The van der Waals surface area contributed by atoms with Gasteiger partial charge in [-0.3, -0.25) is 4.79 Å². The molecule has 236 valence electrons. The first kappa shape index (κ1) is 32.0. The molecule has 0 aliphatic carbocycles. The summed E-state index contributed by atoms with van der Waals surface area (Å²) in [7, 11) is -3.17. The van der Waals surface area contributed by atoms with Crippen molar-refractivity contribution in [1.82, 2.24) is 5.43 Å². The smallest absolute Gasteiger partial charge is 0.267 e. The van der Waals surface area contributed by atoms with Crippen LogP contribution in [-0.4, -0.2) is 5.91 Å². The first-order chi connectivity index (χ1) is 24.2. The molecule has 1 amide bonds. The molecule has 0 aliphatic rings. The first-order valence-electron chi connectivity index (χ1n) is 16.1. The summed E-state index contributed by atoms with van der Waals surface area (Å²) in [5, 5.41) is 16.9. The molecule has 0 heterocycles. The van der Waals surface area contributed by atoms with Crippen LogP contribution in [0.15, 0.2) is 211 Å². The van der Waals surface area contributed by atoms with Crippen molar-refractivity contribution in [1.29, 1.82) is 0 Å². The van der Waals surface area contributed by atoms with Crippen LogP contribution in [0, 0.1) is 0 Å². The Morgan fingerprint density at radius 1 is 0.449 bits per heavy atom. The molecule has 0 fully saturated rings. The van der Waals surface area contributed by atoms with Gasteiger partial charge in [0.05, 0.1) is 5.69 Å². The standard InChI is InChI=1S/C43H33N3OP2/c47-43(41-28-16-17-29-42(41)48(35-18-6-1-7-19-35)36-20-8-2-9-21-36)45-46-44-34-30-32-40(33-31-34)49(37-22-10-3-11-23-37,38-24-12-4-13-25-38)39-26-14-5-15-27-39/h1-33H/p+1/i45+1. The fourth-order valence-corrected chi connectivity index (χ4v) is 12.9. The number of carbonyl (C=O) groups excluding carboxylic acids is 1. The van der Waals surface area contributed by atoms with Crippen LogP contribution < -0.4 is 42.6 Å². The van der Waals surface area contributed by atoms with Crippen molar-refractivity contribution in [3.05, 3.63) is 206 Å². The molecule has 0 aromatic heterocycles. The summed E-state index contributed by atoms with van der Waals surface area (Å²) >= 11 is 0. The molecule has 0 saturated heterocycles. The van der Waals surface area contributed by atoms with Crippen molar-refractivity contribution in [3.8, 4) is 0 Å². The van der Waals surface area contributed by atoms with E-state index < -0.39 is 15.2 Å². The number of nitrogens with one attached hydrogen (secondary N) is 1. The maximum absolute atomic E-state index is 13.6. The minimum absolute atomic E-state index is 0.294. The van der Waals surface area contributed by atoms with Crippen molar-refractivity contribution in [2.75, 3.05) is 0 Å². The summed E-state index contributed by atoms with van der Waals surface area (Å²) in [6, 6.07) is 69.0. The van der Waals surface area contributed by atoms with Gasteiger partial charge in [-0.1, -0.05) is 139 Å². The Bertz CT molecular complexity index is 2010. The van der Waals surface area contributed by atoms with Crippen LogP contribution in [0.2, 0.25) is 0 Å². The molecule has 0 saturated carbocycles. The number of rotatable bonds is 10. The molecule has 0 unspecified atom stereocenters. The number of hydrogen-bond donors (Lipinski definition) is 1. The van der Waals surface area contributed by atoms with Crippen LogP contribution in [0.1, 0.15) is 10.4 Å². The molecule has 0 bridgehead atoms. The van der Waals surface area contributed by atoms with E-state index in [9.17, 15) is 4.79 Å². The molecule has 0 aliphatic heterocycles. The summed E-state index contributed by atoms with van der Waals surface area (Å²) in [6.07, 6.45) is 0. The number of carbonyl (C=O) groups is 1. The predicted molar refractivity (Wildman–Crippen MR) is 208 cm³/mol. The molecule has 0 spiro atoms. The fourth-order valence-electron chi connectivity index (χ4n) is 6.22. The number of nitrogens with zero attached hydrogens (tertiary/aromatic N) is 2. The third-order valence-corrected chi connectivity index (χ3v) is 15.2. The first-order valence-corrected chi connectivity index (χ1v) is 19.2. The van der Waals surface area contributed by atoms with Gasteiger partial charge in [-0.25, -0.2) is 5.43 Å². The van der Waals surface area contributed by atoms with E-state index in [-0.39, 0.29) is 5.91 Å². The highest BCUT2D eigenvalue weighted by atomic mass is 31.2. The minimum Gasteiger partial charge on any atom is -0.267 e. The molecule has 49 heavy (non-hydrogen) atoms. The predicted octanol–water partition coefficient (Wildman–Crippen LogP) is 7.49. The van der Waals surface area contributed by atoms with Crippen molar-refractivity contribution in [2.24, 2.45) is 10.3 Å². The van der Waals surface area contributed by atoms with Gasteiger partial charge < -0.3 is 0 Å². The van der Waals surface area contributed by atoms with E-state index in [0.717, 1.165) is 5.30 Å². The van der Waals surface area contributed by atoms with E-state index in [1.54, 1.807) is 0 Å². The number of benzene rings is 7. The Morgan fingerprint density at radius 2 is 0.837 bits per heavy atom. The summed E-state index contributed by atoms with van der Waals surface area (Å²) in [5.41, 5.74) is 3.94. The number of amides is 1. The van der Waals surface area contributed by atoms with Crippen molar-refractivity contribution in [3.63, 3.8) is 0 Å².